The third kappa shape index (κ3) is 7.47. The summed E-state index contributed by atoms with van der Waals surface area (Å²) in [7, 11) is 1.75. The molecule has 0 bridgehead atoms. The summed E-state index contributed by atoms with van der Waals surface area (Å²) in [6, 6.07) is 11.1. The Labute approximate surface area is 222 Å². The second kappa shape index (κ2) is 12.5. The molecular formula is C29H38F4N4O. The zero-order chi connectivity index (χ0) is 27.3. The summed E-state index contributed by atoms with van der Waals surface area (Å²) in [6.45, 7) is 4.55. The van der Waals surface area contributed by atoms with E-state index in [0.29, 0.717) is 6.54 Å². The van der Waals surface area contributed by atoms with Crippen LogP contribution in [0, 0.1) is 5.92 Å². The van der Waals surface area contributed by atoms with E-state index in [0.717, 1.165) is 43.7 Å². The van der Waals surface area contributed by atoms with E-state index in [9.17, 15) is 22.4 Å². The quantitative estimate of drug-likeness (QED) is 0.380. The number of nitrogens with one attached hydrogen (secondary N) is 1. The molecule has 1 N–H and O–H groups in total. The van der Waals surface area contributed by atoms with Gasteiger partial charge in [0.2, 0.25) is 5.91 Å². The van der Waals surface area contributed by atoms with Crippen LogP contribution in [-0.4, -0.2) is 73.1 Å². The maximum Gasteiger partial charge on any atom is 0.416 e. The summed E-state index contributed by atoms with van der Waals surface area (Å²) in [4.78, 5) is 19.1. The van der Waals surface area contributed by atoms with Crippen molar-refractivity contribution in [1.29, 1.82) is 0 Å². The standard InChI is InChI=1S/C29H38F4N4O/c1-21(16-30)35(2)14-15-37(20-24-6-3-4-8-26(24)29(31,32)33)28(38)17-34-27-9-5-7-23-19-36(13-12-25(23)27)18-22-10-11-22/h3-9,21-22,34H,10-20H2,1-2H3. The molecule has 1 fully saturated rings. The van der Waals surface area contributed by atoms with E-state index >= 15 is 0 Å². The Morgan fingerprint density at radius 2 is 1.89 bits per heavy atom. The first-order valence-electron chi connectivity index (χ1n) is 13.4. The number of carbonyl (C=O) groups excluding carboxylic acids is 1. The van der Waals surface area contributed by atoms with Crippen molar-refractivity contribution in [3.05, 3.63) is 64.7 Å². The first kappa shape index (κ1) is 28.4. The van der Waals surface area contributed by atoms with Crippen LogP contribution in [0.15, 0.2) is 42.5 Å². The van der Waals surface area contributed by atoms with Crippen LogP contribution < -0.4 is 5.32 Å². The molecule has 38 heavy (non-hydrogen) atoms. The molecular weight excluding hydrogens is 496 g/mol. The Balaban J connectivity index is 1.45. The highest BCUT2D eigenvalue weighted by molar-refractivity contribution is 5.81. The van der Waals surface area contributed by atoms with Gasteiger partial charge in [-0.2, -0.15) is 13.2 Å². The van der Waals surface area contributed by atoms with Gasteiger partial charge in [-0.05, 0) is 68.0 Å². The second-order valence-electron chi connectivity index (χ2n) is 10.7. The fourth-order valence-corrected chi connectivity index (χ4v) is 4.99. The lowest BCUT2D eigenvalue weighted by atomic mass is 9.97. The average molecular weight is 535 g/mol. The highest BCUT2D eigenvalue weighted by Gasteiger charge is 2.34. The predicted octanol–water partition coefficient (Wildman–Crippen LogP) is 5.20. The fraction of sp³-hybridized carbons (Fsp3) is 0.552. The fourth-order valence-electron chi connectivity index (χ4n) is 4.99. The smallest absolute Gasteiger partial charge is 0.376 e. The van der Waals surface area contributed by atoms with Crippen molar-refractivity contribution in [3.63, 3.8) is 0 Å². The summed E-state index contributed by atoms with van der Waals surface area (Å²) >= 11 is 0. The van der Waals surface area contributed by atoms with Gasteiger partial charge in [-0.1, -0.05) is 30.3 Å². The summed E-state index contributed by atoms with van der Waals surface area (Å²) in [5.74, 6) is 0.530. The van der Waals surface area contributed by atoms with Gasteiger partial charge in [-0.25, -0.2) is 4.39 Å². The number of rotatable bonds is 12. The van der Waals surface area contributed by atoms with Crippen molar-refractivity contribution in [1.82, 2.24) is 14.7 Å². The molecule has 1 heterocycles. The zero-order valence-corrected chi connectivity index (χ0v) is 22.2. The van der Waals surface area contributed by atoms with E-state index in [2.05, 4.69) is 16.3 Å². The van der Waals surface area contributed by atoms with Crippen LogP contribution in [0.4, 0.5) is 23.2 Å². The number of nitrogens with zero attached hydrogens (tertiary/aromatic N) is 3. The number of anilines is 1. The lowest BCUT2D eigenvalue weighted by Gasteiger charge is -2.31. The largest absolute Gasteiger partial charge is 0.416 e. The third-order valence-corrected chi connectivity index (χ3v) is 7.72. The number of halogens is 4. The Hall–Kier alpha value is -2.65. The van der Waals surface area contributed by atoms with Gasteiger partial charge in [0.15, 0.2) is 0 Å². The minimum absolute atomic E-state index is 0.0290. The van der Waals surface area contributed by atoms with Crippen molar-refractivity contribution in [3.8, 4) is 0 Å². The number of alkyl halides is 4. The molecule has 2 aromatic rings. The Kier molecular flexibility index (Phi) is 9.31. The van der Waals surface area contributed by atoms with Crippen LogP contribution in [-0.2, 0) is 30.5 Å². The number of fused-ring (bicyclic) bond motifs is 1. The van der Waals surface area contributed by atoms with Gasteiger partial charge in [0.25, 0.3) is 0 Å². The van der Waals surface area contributed by atoms with Crippen LogP contribution in [0.25, 0.3) is 0 Å². The maximum absolute atomic E-state index is 13.6. The van der Waals surface area contributed by atoms with Crippen molar-refractivity contribution in [2.75, 3.05) is 51.8 Å². The molecule has 208 valence electrons. The number of likely N-dealkylation sites (N-methyl/N-ethyl adjacent to an activating group) is 1. The van der Waals surface area contributed by atoms with E-state index in [1.807, 2.05) is 12.1 Å². The number of hydrogen-bond acceptors (Lipinski definition) is 4. The van der Waals surface area contributed by atoms with E-state index < -0.39 is 18.4 Å². The number of carbonyl (C=O) groups is 1. The van der Waals surface area contributed by atoms with Crippen LogP contribution in [0.5, 0.6) is 0 Å². The lowest BCUT2D eigenvalue weighted by Crippen LogP contribution is -2.42. The molecule has 2 aromatic carbocycles. The molecule has 1 aliphatic carbocycles. The van der Waals surface area contributed by atoms with Crippen molar-refractivity contribution in [2.24, 2.45) is 5.92 Å². The van der Waals surface area contributed by atoms with Crippen molar-refractivity contribution >= 4 is 11.6 Å². The van der Waals surface area contributed by atoms with Gasteiger partial charge in [0.1, 0.15) is 6.67 Å². The van der Waals surface area contributed by atoms with Gasteiger partial charge in [0.05, 0.1) is 12.1 Å². The molecule has 0 radical (unpaired) electrons. The van der Waals surface area contributed by atoms with Crippen LogP contribution in [0.2, 0.25) is 0 Å². The number of hydrogen-bond donors (Lipinski definition) is 1. The molecule has 1 aliphatic heterocycles. The summed E-state index contributed by atoms with van der Waals surface area (Å²) in [6.07, 6.45) is -0.980. The SMILES string of the molecule is CC(CF)N(C)CCN(Cc1ccccc1C(F)(F)F)C(=O)CNc1cccc2c1CCN(CC1CC1)C2. The molecule has 2 aliphatic rings. The van der Waals surface area contributed by atoms with Gasteiger partial charge in [-0.15, -0.1) is 0 Å². The number of amides is 1. The predicted molar refractivity (Wildman–Crippen MR) is 142 cm³/mol. The summed E-state index contributed by atoms with van der Waals surface area (Å²) < 4.78 is 54.0. The van der Waals surface area contributed by atoms with Crippen LogP contribution in [0.3, 0.4) is 0 Å². The van der Waals surface area contributed by atoms with E-state index in [1.54, 1.807) is 24.9 Å². The monoisotopic (exact) mass is 534 g/mol. The Morgan fingerprint density at radius 3 is 2.61 bits per heavy atom. The van der Waals surface area contributed by atoms with E-state index in [1.165, 1.54) is 41.0 Å². The molecule has 5 nitrogen and oxygen atoms in total. The van der Waals surface area contributed by atoms with E-state index in [-0.39, 0.29) is 37.1 Å². The van der Waals surface area contributed by atoms with Crippen molar-refractivity contribution in [2.45, 2.75) is 51.5 Å². The first-order chi connectivity index (χ1) is 18.2. The molecule has 1 amide bonds. The van der Waals surface area contributed by atoms with Gasteiger partial charge in [-0.3, -0.25) is 14.6 Å². The maximum atomic E-state index is 13.6. The second-order valence-corrected chi connectivity index (χ2v) is 10.7. The highest BCUT2D eigenvalue weighted by atomic mass is 19.4. The van der Waals surface area contributed by atoms with Gasteiger partial charge in [0, 0.05) is 51.0 Å². The molecule has 1 unspecified atom stereocenters. The van der Waals surface area contributed by atoms with Gasteiger partial charge < -0.3 is 10.2 Å². The molecule has 1 saturated carbocycles. The number of benzene rings is 2. The third-order valence-electron chi connectivity index (χ3n) is 7.72. The minimum atomic E-state index is -4.51. The minimum Gasteiger partial charge on any atom is -0.376 e. The first-order valence-corrected chi connectivity index (χ1v) is 13.4. The Morgan fingerprint density at radius 1 is 1.13 bits per heavy atom. The van der Waals surface area contributed by atoms with Crippen LogP contribution >= 0.6 is 0 Å². The topological polar surface area (TPSA) is 38.8 Å². The molecule has 0 spiro atoms. The highest BCUT2D eigenvalue weighted by Crippen LogP contribution is 2.34. The summed E-state index contributed by atoms with van der Waals surface area (Å²) in [5.41, 5.74) is 2.66. The molecule has 1 atom stereocenters. The lowest BCUT2D eigenvalue weighted by molar-refractivity contribution is -0.139. The van der Waals surface area contributed by atoms with Crippen molar-refractivity contribution < 1.29 is 22.4 Å². The normalized spacial score (nSPS) is 16.8. The average Bonchev–Trinajstić information content (AvgIpc) is 3.72. The molecule has 4 rings (SSSR count). The van der Waals surface area contributed by atoms with E-state index in [4.69, 9.17) is 0 Å². The van der Waals surface area contributed by atoms with Crippen LogP contribution in [0.1, 0.15) is 42.0 Å². The van der Waals surface area contributed by atoms with Gasteiger partial charge >= 0.3 is 6.18 Å². The summed E-state index contributed by atoms with van der Waals surface area (Å²) in [5, 5.41) is 3.27. The zero-order valence-electron chi connectivity index (χ0n) is 22.2. The molecule has 0 aromatic heterocycles. The molecule has 0 saturated heterocycles. The Bertz CT molecular complexity index is 1090. The molecule has 9 heteroatoms.